The molecule has 3 aromatic rings. The van der Waals surface area contributed by atoms with Gasteiger partial charge in [0.05, 0.1) is 11.9 Å². The molecule has 7 nitrogen and oxygen atoms in total. The molecule has 0 aliphatic heterocycles. The number of nitrogens with one attached hydrogen (secondary N) is 2. The highest BCUT2D eigenvalue weighted by molar-refractivity contribution is 5.92. The fourth-order valence-corrected chi connectivity index (χ4v) is 2.44. The number of hydrogen-bond acceptors (Lipinski definition) is 4. The number of benzene rings is 1. The number of rotatable bonds is 6. The van der Waals surface area contributed by atoms with Crippen LogP contribution in [0.3, 0.4) is 0 Å². The fraction of sp³-hybridized carbons (Fsp3) is 0.158. The van der Waals surface area contributed by atoms with Gasteiger partial charge in [-0.2, -0.15) is 0 Å². The first-order valence-corrected chi connectivity index (χ1v) is 8.22. The Hall–Kier alpha value is -3.48. The molecule has 1 aromatic carbocycles. The predicted octanol–water partition coefficient (Wildman–Crippen LogP) is 2.20. The first-order chi connectivity index (χ1) is 12.6. The standard InChI is InChI=1S/C19H19N5O2/c1-14(25)23-16-7-8-18(21-11-16)24-12-17(22-13-24)19(26)20-10-9-15-5-3-2-4-6-15/h2-8,11-13H,9-10H2,1H3,(H,20,26)(H,23,25). The molecule has 2 amide bonds. The molecule has 0 atom stereocenters. The number of anilines is 1. The van der Waals surface area contributed by atoms with E-state index in [9.17, 15) is 9.59 Å². The molecule has 26 heavy (non-hydrogen) atoms. The number of pyridine rings is 1. The molecule has 3 rings (SSSR count). The predicted molar refractivity (Wildman–Crippen MR) is 98.1 cm³/mol. The molecular weight excluding hydrogens is 330 g/mol. The van der Waals surface area contributed by atoms with E-state index in [0.29, 0.717) is 23.7 Å². The van der Waals surface area contributed by atoms with Gasteiger partial charge in [-0.15, -0.1) is 0 Å². The van der Waals surface area contributed by atoms with Crippen LogP contribution in [0.4, 0.5) is 5.69 Å². The van der Waals surface area contributed by atoms with Crippen LogP contribution in [0.5, 0.6) is 0 Å². The highest BCUT2D eigenvalue weighted by atomic mass is 16.2. The number of imidazole rings is 1. The van der Waals surface area contributed by atoms with Crippen molar-refractivity contribution in [1.29, 1.82) is 0 Å². The van der Waals surface area contributed by atoms with E-state index in [1.165, 1.54) is 18.8 Å². The number of carbonyl (C=O) groups excluding carboxylic acids is 2. The molecule has 7 heteroatoms. The number of aromatic nitrogens is 3. The Morgan fingerprint density at radius 1 is 1.08 bits per heavy atom. The van der Waals surface area contributed by atoms with E-state index < -0.39 is 0 Å². The maximum atomic E-state index is 12.2. The van der Waals surface area contributed by atoms with Gasteiger partial charge in [-0.3, -0.25) is 14.2 Å². The van der Waals surface area contributed by atoms with Crippen molar-refractivity contribution in [2.45, 2.75) is 13.3 Å². The maximum Gasteiger partial charge on any atom is 0.271 e. The third-order valence-electron chi connectivity index (χ3n) is 3.69. The summed E-state index contributed by atoms with van der Waals surface area (Å²) in [5, 5.41) is 5.51. The minimum absolute atomic E-state index is 0.156. The van der Waals surface area contributed by atoms with Gasteiger partial charge in [-0.05, 0) is 24.1 Å². The Balaban J connectivity index is 1.58. The summed E-state index contributed by atoms with van der Waals surface area (Å²) in [5.74, 6) is 0.223. The van der Waals surface area contributed by atoms with Crippen LogP contribution in [0.15, 0.2) is 61.2 Å². The number of amides is 2. The highest BCUT2D eigenvalue weighted by Crippen LogP contribution is 2.10. The largest absolute Gasteiger partial charge is 0.350 e. The van der Waals surface area contributed by atoms with Crippen molar-refractivity contribution in [3.05, 3.63) is 72.4 Å². The average Bonchev–Trinajstić information content (AvgIpc) is 3.13. The molecule has 0 bridgehead atoms. The molecule has 0 spiro atoms. The summed E-state index contributed by atoms with van der Waals surface area (Å²) in [7, 11) is 0. The normalized spacial score (nSPS) is 10.3. The molecule has 132 valence electrons. The van der Waals surface area contributed by atoms with Crippen LogP contribution in [0, 0.1) is 0 Å². The fourth-order valence-electron chi connectivity index (χ4n) is 2.44. The third kappa shape index (κ3) is 4.54. The smallest absolute Gasteiger partial charge is 0.271 e. The maximum absolute atomic E-state index is 12.2. The van der Waals surface area contributed by atoms with E-state index >= 15 is 0 Å². The van der Waals surface area contributed by atoms with Crippen molar-refractivity contribution in [2.24, 2.45) is 0 Å². The molecular formula is C19H19N5O2. The van der Waals surface area contributed by atoms with E-state index in [4.69, 9.17) is 0 Å². The number of hydrogen-bond donors (Lipinski definition) is 2. The molecule has 0 aliphatic carbocycles. The minimum Gasteiger partial charge on any atom is -0.350 e. The van der Waals surface area contributed by atoms with E-state index in [1.807, 2.05) is 30.3 Å². The molecule has 2 heterocycles. The van der Waals surface area contributed by atoms with Crippen molar-refractivity contribution >= 4 is 17.5 Å². The lowest BCUT2D eigenvalue weighted by Gasteiger charge is -2.04. The van der Waals surface area contributed by atoms with Crippen molar-refractivity contribution in [2.75, 3.05) is 11.9 Å². The lowest BCUT2D eigenvalue weighted by molar-refractivity contribution is -0.114. The van der Waals surface area contributed by atoms with Crippen molar-refractivity contribution in [3.8, 4) is 5.82 Å². The summed E-state index contributed by atoms with van der Waals surface area (Å²) in [4.78, 5) is 31.6. The van der Waals surface area contributed by atoms with Gasteiger partial charge >= 0.3 is 0 Å². The molecule has 0 saturated heterocycles. The number of carbonyl (C=O) groups is 2. The topological polar surface area (TPSA) is 88.9 Å². The van der Waals surface area contributed by atoms with Gasteiger partial charge in [-0.25, -0.2) is 9.97 Å². The Kier molecular flexibility index (Phi) is 5.38. The molecule has 0 fully saturated rings. The zero-order chi connectivity index (χ0) is 18.4. The molecule has 0 aliphatic rings. The summed E-state index contributed by atoms with van der Waals surface area (Å²) in [6.07, 6.45) is 5.47. The van der Waals surface area contributed by atoms with Crippen molar-refractivity contribution in [1.82, 2.24) is 19.9 Å². The van der Waals surface area contributed by atoms with Crippen LogP contribution in [0.25, 0.3) is 5.82 Å². The zero-order valence-electron chi connectivity index (χ0n) is 14.3. The van der Waals surface area contributed by atoms with Crippen LogP contribution in [0.1, 0.15) is 23.0 Å². The second kappa shape index (κ2) is 8.06. The van der Waals surface area contributed by atoms with Gasteiger partial charge in [0.25, 0.3) is 5.91 Å². The Labute approximate surface area is 151 Å². The van der Waals surface area contributed by atoms with Gasteiger partial charge in [0.1, 0.15) is 17.8 Å². The Morgan fingerprint density at radius 3 is 2.58 bits per heavy atom. The summed E-state index contributed by atoms with van der Waals surface area (Å²) in [6.45, 7) is 1.98. The molecule has 0 saturated carbocycles. The van der Waals surface area contributed by atoms with Crippen LogP contribution in [-0.2, 0) is 11.2 Å². The van der Waals surface area contributed by atoms with E-state index in [-0.39, 0.29) is 11.8 Å². The molecule has 0 unspecified atom stereocenters. The second-order valence-electron chi connectivity index (χ2n) is 5.74. The second-order valence-corrected chi connectivity index (χ2v) is 5.74. The Morgan fingerprint density at radius 2 is 1.88 bits per heavy atom. The van der Waals surface area contributed by atoms with Gasteiger partial charge in [0.15, 0.2) is 0 Å². The van der Waals surface area contributed by atoms with Gasteiger partial charge in [-0.1, -0.05) is 30.3 Å². The summed E-state index contributed by atoms with van der Waals surface area (Å²) in [6, 6.07) is 13.4. The van der Waals surface area contributed by atoms with Gasteiger partial charge < -0.3 is 10.6 Å². The molecule has 2 N–H and O–H groups in total. The van der Waals surface area contributed by atoms with E-state index in [2.05, 4.69) is 20.6 Å². The quantitative estimate of drug-likeness (QED) is 0.714. The third-order valence-corrected chi connectivity index (χ3v) is 3.69. The molecule has 2 aromatic heterocycles. The van der Waals surface area contributed by atoms with Crippen LogP contribution in [0.2, 0.25) is 0 Å². The summed E-state index contributed by atoms with van der Waals surface area (Å²) in [5.41, 5.74) is 2.10. The first kappa shape index (κ1) is 17.3. The van der Waals surface area contributed by atoms with Crippen molar-refractivity contribution in [3.63, 3.8) is 0 Å². The van der Waals surface area contributed by atoms with E-state index in [1.54, 1.807) is 29.1 Å². The lowest BCUT2D eigenvalue weighted by Crippen LogP contribution is -2.26. The van der Waals surface area contributed by atoms with Gasteiger partial charge in [0.2, 0.25) is 5.91 Å². The van der Waals surface area contributed by atoms with E-state index in [0.717, 1.165) is 6.42 Å². The van der Waals surface area contributed by atoms with Crippen LogP contribution in [-0.4, -0.2) is 32.9 Å². The average molecular weight is 349 g/mol. The van der Waals surface area contributed by atoms with Crippen LogP contribution < -0.4 is 10.6 Å². The summed E-state index contributed by atoms with van der Waals surface area (Å²) >= 11 is 0. The zero-order valence-corrected chi connectivity index (χ0v) is 14.3. The Bertz CT molecular complexity index is 888. The SMILES string of the molecule is CC(=O)Nc1ccc(-n2cnc(C(=O)NCCc3ccccc3)c2)nc1. The van der Waals surface area contributed by atoms with Gasteiger partial charge in [0, 0.05) is 19.7 Å². The summed E-state index contributed by atoms with van der Waals surface area (Å²) < 4.78 is 1.66. The van der Waals surface area contributed by atoms with Crippen LogP contribution >= 0.6 is 0 Å². The van der Waals surface area contributed by atoms with Crippen molar-refractivity contribution < 1.29 is 9.59 Å². The number of nitrogens with zero attached hydrogens (tertiary/aromatic N) is 3. The molecule has 0 radical (unpaired) electrons. The monoisotopic (exact) mass is 349 g/mol. The first-order valence-electron chi connectivity index (χ1n) is 8.22. The highest BCUT2D eigenvalue weighted by Gasteiger charge is 2.10. The minimum atomic E-state index is -0.227. The lowest BCUT2D eigenvalue weighted by atomic mass is 10.1.